The highest BCUT2D eigenvalue weighted by Gasteiger charge is 2.07. The van der Waals surface area contributed by atoms with Crippen LogP contribution in [0.3, 0.4) is 0 Å². The minimum atomic E-state index is -0.297. The van der Waals surface area contributed by atoms with Gasteiger partial charge in [-0.05, 0) is 18.4 Å². The van der Waals surface area contributed by atoms with Crippen LogP contribution in [0.4, 0.5) is 16.3 Å². The second-order valence-electron chi connectivity index (χ2n) is 4.53. The van der Waals surface area contributed by atoms with Gasteiger partial charge >= 0.3 is 6.03 Å². The minimum absolute atomic E-state index is 0.297. The predicted molar refractivity (Wildman–Crippen MR) is 79.9 cm³/mol. The molecule has 0 saturated carbocycles. The number of nitrogens with one attached hydrogen (secondary N) is 3. The van der Waals surface area contributed by atoms with Gasteiger partial charge in [-0.15, -0.1) is 0 Å². The first-order chi connectivity index (χ1) is 9.74. The molecule has 5 heteroatoms. The third-order valence-electron chi connectivity index (χ3n) is 3.11. The largest absolute Gasteiger partial charge is 0.324 e. The maximum Gasteiger partial charge on any atom is 0.324 e. The summed E-state index contributed by atoms with van der Waals surface area (Å²) in [6.07, 6.45) is 1.66. The molecule has 20 heavy (non-hydrogen) atoms. The lowest BCUT2D eigenvalue weighted by molar-refractivity contribution is 0.262. The molecule has 2 amide bonds. The maximum absolute atomic E-state index is 12.0. The Bertz CT molecular complexity index is 758. The summed E-state index contributed by atoms with van der Waals surface area (Å²) in [5.74, 6) is 0.600. The first-order valence-electron chi connectivity index (χ1n) is 6.30. The van der Waals surface area contributed by atoms with Crippen LogP contribution in [0.5, 0.6) is 0 Å². The van der Waals surface area contributed by atoms with Crippen molar-refractivity contribution in [1.82, 2.24) is 10.2 Å². The van der Waals surface area contributed by atoms with Crippen molar-refractivity contribution >= 4 is 28.3 Å². The lowest BCUT2D eigenvalue weighted by Crippen LogP contribution is -2.20. The zero-order valence-corrected chi connectivity index (χ0v) is 11.0. The Morgan fingerprint density at radius 1 is 1.10 bits per heavy atom. The number of aryl methyl sites for hydroxylation is 1. The van der Waals surface area contributed by atoms with Gasteiger partial charge in [0, 0.05) is 10.9 Å². The highest BCUT2D eigenvalue weighted by atomic mass is 16.2. The second kappa shape index (κ2) is 5.05. The Balaban J connectivity index is 1.83. The number of carbonyl (C=O) groups excluding carboxylic acids is 1. The first-order valence-corrected chi connectivity index (χ1v) is 6.30. The van der Waals surface area contributed by atoms with Crippen LogP contribution in [-0.2, 0) is 0 Å². The van der Waals surface area contributed by atoms with Gasteiger partial charge in [-0.3, -0.25) is 10.4 Å². The van der Waals surface area contributed by atoms with Crippen LogP contribution in [-0.4, -0.2) is 16.2 Å². The molecule has 1 heterocycles. The Morgan fingerprint density at radius 2 is 1.90 bits per heavy atom. The molecule has 5 nitrogen and oxygen atoms in total. The van der Waals surface area contributed by atoms with Crippen molar-refractivity contribution in [2.75, 3.05) is 10.6 Å². The molecule has 3 N–H and O–H groups in total. The number of fused-ring (bicyclic) bond motifs is 1. The number of hydrogen-bond donors (Lipinski definition) is 3. The van der Waals surface area contributed by atoms with Gasteiger partial charge in [0.2, 0.25) is 0 Å². The van der Waals surface area contributed by atoms with E-state index in [1.165, 1.54) is 0 Å². The summed E-state index contributed by atoms with van der Waals surface area (Å²) in [6, 6.07) is 13.4. The molecule has 0 fully saturated rings. The van der Waals surface area contributed by atoms with E-state index in [0.29, 0.717) is 5.82 Å². The summed E-state index contributed by atoms with van der Waals surface area (Å²) in [5, 5.41) is 14.3. The molecule has 100 valence electrons. The van der Waals surface area contributed by atoms with E-state index in [4.69, 9.17) is 0 Å². The number of urea groups is 1. The number of H-pyrrole nitrogens is 1. The smallest absolute Gasteiger partial charge is 0.307 e. The molecule has 0 aliphatic carbocycles. The Morgan fingerprint density at radius 3 is 2.70 bits per heavy atom. The van der Waals surface area contributed by atoms with Crippen LogP contribution >= 0.6 is 0 Å². The Labute approximate surface area is 116 Å². The monoisotopic (exact) mass is 266 g/mol. The lowest BCUT2D eigenvalue weighted by atomic mass is 10.1. The number of aromatic amines is 1. The van der Waals surface area contributed by atoms with Gasteiger partial charge in [-0.25, -0.2) is 4.79 Å². The van der Waals surface area contributed by atoms with Crippen molar-refractivity contribution in [3.8, 4) is 0 Å². The normalized spacial score (nSPS) is 10.4. The van der Waals surface area contributed by atoms with E-state index in [9.17, 15) is 4.79 Å². The Kier molecular flexibility index (Phi) is 3.09. The van der Waals surface area contributed by atoms with Crippen molar-refractivity contribution in [3.05, 3.63) is 54.2 Å². The number of amides is 2. The van der Waals surface area contributed by atoms with Gasteiger partial charge in [0.25, 0.3) is 0 Å². The molecule has 0 spiro atoms. The second-order valence-corrected chi connectivity index (χ2v) is 4.53. The number of carbonyl (C=O) groups is 1. The number of rotatable bonds is 2. The van der Waals surface area contributed by atoms with Gasteiger partial charge in [-0.2, -0.15) is 5.10 Å². The summed E-state index contributed by atoms with van der Waals surface area (Å²) < 4.78 is 0. The number of nitrogens with zero attached hydrogens (tertiary/aromatic N) is 1. The SMILES string of the molecule is Cc1cn[nH]c1NC(=O)Nc1cccc2ccccc12. The fourth-order valence-corrected chi connectivity index (χ4v) is 2.07. The van der Waals surface area contributed by atoms with Crippen molar-refractivity contribution in [2.24, 2.45) is 0 Å². The van der Waals surface area contributed by atoms with E-state index < -0.39 is 0 Å². The van der Waals surface area contributed by atoms with Crippen molar-refractivity contribution in [3.63, 3.8) is 0 Å². The molecular formula is C15H14N4O. The average molecular weight is 266 g/mol. The molecule has 0 aliphatic rings. The summed E-state index contributed by atoms with van der Waals surface area (Å²) in [6.45, 7) is 1.87. The lowest BCUT2D eigenvalue weighted by Gasteiger charge is -2.09. The van der Waals surface area contributed by atoms with E-state index in [-0.39, 0.29) is 6.03 Å². The zero-order valence-electron chi connectivity index (χ0n) is 11.0. The maximum atomic E-state index is 12.0. The van der Waals surface area contributed by atoms with Crippen LogP contribution in [0.15, 0.2) is 48.7 Å². The zero-order chi connectivity index (χ0) is 13.9. The number of aromatic nitrogens is 2. The van der Waals surface area contributed by atoms with E-state index in [1.54, 1.807) is 6.20 Å². The molecule has 0 atom stereocenters. The van der Waals surface area contributed by atoms with Gasteiger partial charge in [0.05, 0.1) is 11.9 Å². The van der Waals surface area contributed by atoms with E-state index in [2.05, 4.69) is 20.8 Å². The molecule has 3 aromatic rings. The number of hydrogen-bond acceptors (Lipinski definition) is 2. The molecular weight excluding hydrogens is 252 g/mol. The van der Waals surface area contributed by atoms with E-state index in [0.717, 1.165) is 22.0 Å². The van der Waals surface area contributed by atoms with Crippen molar-refractivity contribution < 1.29 is 4.79 Å². The predicted octanol–water partition coefficient (Wildman–Crippen LogP) is 3.52. The standard InChI is InChI=1S/C15H14N4O/c1-10-9-16-19-14(10)18-15(20)17-13-8-4-6-11-5-2-3-7-12(11)13/h2-9H,1H3,(H3,16,17,18,19,20). The quantitative estimate of drug-likeness (QED) is 0.664. The highest BCUT2D eigenvalue weighted by molar-refractivity contribution is 6.06. The Hall–Kier alpha value is -2.82. The molecule has 0 saturated heterocycles. The fourth-order valence-electron chi connectivity index (χ4n) is 2.07. The number of anilines is 2. The van der Waals surface area contributed by atoms with Crippen LogP contribution in [0.1, 0.15) is 5.56 Å². The van der Waals surface area contributed by atoms with Crippen LogP contribution in [0, 0.1) is 6.92 Å². The van der Waals surface area contributed by atoms with Gasteiger partial charge in [0.15, 0.2) is 0 Å². The molecule has 2 aromatic carbocycles. The van der Waals surface area contributed by atoms with Gasteiger partial charge in [0.1, 0.15) is 5.82 Å². The molecule has 0 aliphatic heterocycles. The van der Waals surface area contributed by atoms with Gasteiger partial charge in [-0.1, -0.05) is 36.4 Å². The highest BCUT2D eigenvalue weighted by Crippen LogP contribution is 2.23. The third kappa shape index (κ3) is 2.33. The summed E-state index contributed by atoms with van der Waals surface area (Å²) >= 11 is 0. The van der Waals surface area contributed by atoms with Crippen LogP contribution in [0.2, 0.25) is 0 Å². The minimum Gasteiger partial charge on any atom is -0.307 e. The first kappa shape index (κ1) is 12.2. The van der Waals surface area contributed by atoms with Gasteiger partial charge < -0.3 is 5.32 Å². The van der Waals surface area contributed by atoms with Crippen LogP contribution < -0.4 is 10.6 Å². The van der Waals surface area contributed by atoms with Crippen molar-refractivity contribution in [2.45, 2.75) is 6.92 Å². The molecule has 3 rings (SSSR count). The number of benzene rings is 2. The van der Waals surface area contributed by atoms with E-state index in [1.807, 2.05) is 49.4 Å². The fraction of sp³-hybridized carbons (Fsp3) is 0.0667. The summed E-state index contributed by atoms with van der Waals surface area (Å²) in [5.41, 5.74) is 1.66. The summed E-state index contributed by atoms with van der Waals surface area (Å²) in [4.78, 5) is 12.0. The summed E-state index contributed by atoms with van der Waals surface area (Å²) in [7, 11) is 0. The van der Waals surface area contributed by atoms with Crippen molar-refractivity contribution in [1.29, 1.82) is 0 Å². The molecule has 0 bridgehead atoms. The molecule has 0 radical (unpaired) electrons. The van der Waals surface area contributed by atoms with Crippen LogP contribution in [0.25, 0.3) is 10.8 Å². The topological polar surface area (TPSA) is 69.8 Å². The van der Waals surface area contributed by atoms with E-state index >= 15 is 0 Å². The average Bonchev–Trinajstić information content (AvgIpc) is 2.85. The molecule has 0 unspecified atom stereocenters. The third-order valence-corrected chi connectivity index (χ3v) is 3.11. The molecule has 1 aromatic heterocycles.